The van der Waals surface area contributed by atoms with Crippen LogP contribution in [0.15, 0.2) is 66.2 Å². The second kappa shape index (κ2) is 11.0. The van der Waals surface area contributed by atoms with Crippen molar-refractivity contribution in [2.75, 3.05) is 4.90 Å². The lowest BCUT2D eigenvalue weighted by molar-refractivity contribution is -0.122. The number of ether oxygens (including phenoxy) is 1. The monoisotopic (exact) mass is 652 g/mol. The maximum Gasteiger partial charge on any atom is 0.335 e. The van der Waals surface area contributed by atoms with Crippen LogP contribution in [0.4, 0.5) is 5.69 Å². The first kappa shape index (κ1) is 26.1. The molecule has 0 radical (unpaired) electrons. The normalized spacial score (nSPS) is 14.7. The highest BCUT2D eigenvalue weighted by molar-refractivity contribution is 14.1. The van der Waals surface area contributed by atoms with E-state index in [1.807, 2.05) is 0 Å². The van der Waals surface area contributed by atoms with Crippen LogP contribution in [0.25, 0.3) is 6.08 Å². The number of nitrogens with one attached hydrogen (secondary N) is 1. The molecule has 1 fully saturated rings. The summed E-state index contributed by atoms with van der Waals surface area (Å²) in [6, 6.07) is 16.4. The smallest absolute Gasteiger partial charge is 0.335 e. The molecule has 7 nitrogen and oxygen atoms in total. The number of anilines is 1. The highest BCUT2D eigenvalue weighted by Crippen LogP contribution is 2.34. The van der Waals surface area contributed by atoms with Gasteiger partial charge in [-0.3, -0.25) is 19.8 Å². The van der Waals surface area contributed by atoms with Crippen molar-refractivity contribution in [2.45, 2.75) is 6.61 Å². The van der Waals surface area contributed by atoms with Gasteiger partial charge in [-0.05, 0) is 88.4 Å². The lowest BCUT2D eigenvalue weighted by Gasteiger charge is -2.29. The number of carboxylic acid groups (broad SMARTS) is 1. The lowest BCUT2D eigenvalue weighted by atomic mass is 10.1. The SMILES string of the molecule is O=C1NC(=S)N(c2cccc(Cl)c2Cl)C(=O)/C1=C/c1ccc(OCc2ccc(C(=O)O)cc2)c(I)c1. The van der Waals surface area contributed by atoms with Crippen molar-refractivity contribution in [3.05, 3.63) is 96.5 Å². The zero-order chi connectivity index (χ0) is 26.0. The van der Waals surface area contributed by atoms with Crippen molar-refractivity contribution in [3.8, 4) is 5.75 Å². The van der Waals surface area contributed by atoms with Gasteiger partial charge in [0.15, 0.2) is 5.11 Å². The molecule has 36 heavy (non-hydrogen) atoms. The van der Waals surface area contributed by atoms with E-state index in [9.17, 15) is 14.4 Å². The van der Waals surface area contributed by atoms with Gasteiger partial charge in [-0.1, -0.05) is 47.5 Å². The van der Waals surface area contributed by atoms with Gasteiger partial charge < -0.3 is 9.84 Å². The number of benzene rings is 3. The van der Waals surface area contributed by atoms with Crippen molar-refractivity contribution in [2.24, 2.45) is 0 Å². The van der Waals surface area contributed by atoms with E-state index in [1.165, 1.54) is 18.2 Å². The average molecular weight is 653 g/mol. The van der Waals surface area contributed by atoms with E-state index in [1.54, 1.807) is 48.5 Å². The van der Waals surface area contributed by atoms with Crippen LogP contribution in [0.5, 0.6) is 5.75 Å². The fourth-order valence-corrected chi connectivity index (χ4v) is 4.69. The first-order chi connectivity index (χ1) is 17.2. The van der Waals surface area contributed by atoms with E-state index < -0.39 is 17.8 Å². The number of carbonyl (C=O) groups excluding carboxylic acids is 2. The summed E-state index contributed by atoms with van der Waals surface area (Å²) in [4.78, 5) is 37.9. The molecule has 4 rings (SSSR count). The van der Waals surface area contributed by atoms with Crippen LogP contribution in [0.1, 0.15) is 21.5 Å². The van der Waals surface area contributed by atoms with E-state index >= 15 is 0 Å². The molecule has 2 amide bonds. The Bertz CT molecular complexity index is 1440. The highest BCUT2D eigenvalue weighted by atomic mass is 127. The predicted octanol–water partition coefficient (Wildman–Crippen LogP) is 5.71. The first-order valence-corrected chi connectivity index (χ1v) is 12.5. The summed E-state index contributed by atoms with van der Waals surface area (Å²) in [7, 11) is 0. The lowest BCUT2D eigenvalue weighted by Crippen LogP contribution is -2.54. The molecule has 0 spiro atoms. The van der Waals surface area contributed by atoms with Gasteiger partial charge in [-0.25, -0.2) is 4.79 Å². The van der Waals surface area contributed by atoms with E-state index in [2.05, 4.69) is 27.9 Å². The Morgan fingerprint density at radius 1 is 1.11 bits per heavy atom. The number of nitrogens with zero attached hydrogens (tertiary/aromatic N) is 1. The topological polar surface area (TPSA) is 95.9 Å². The number of halogens is 3. The van der Waals surface area contributed by atoms with Gasteiger partial charge in [-0.15, -0.1) is 0 Å². The second-order valence-corrected chi connectivity index (χ2v) is 9.85. The third-order valence-corrected chi connectivity index (χ3v) is 7.07. The number of hydrogen-bond donors (Lipinski definition) is 2. The summed E-state index contributed by atoms with van der Waals surface area (Å²) in [5, 5.41) is 11.8. The maximum atomic E-state index is 13.2. The van der Waals surface area contributed by atoms with Gasteiger partial charge in [0.2, 0.25) is 0 Å². The van der Waals surface area contributed by atoms with Crippen LogP contribution in [0, 0.1) is 3.57 Å². The Morgan fingerprint density at radius 3 is 2.50 bits per heavy atom. The Kier molecular flexibility index (Phi) is 7.94. The minimum atomic E-state index is -0.993. The third kappa shape index (κ3) is 5.54. The van der Waals surface area contributed by atoms with Crippen molar-refractivity contribution in [1.82, 2.24) is 5.32 Å². The van der Waals surface area contributed by atoms with Crippen molar-refractivity contribution in [1.29, 1.82) is 0 Å². The Balaban J connectivity index is 1.55. The molecule has 0 saturated carbocycles. The molecule has 0 atom stereocenters. The summed E-state index contributed by atoms with van der Waals surface area (Å²) in [6.07, 6.45) is 1.46. The second-order valence-electron chi connectivity index (χ2n) is 7.51. The van der Waals surface area contributed by atoms with Crippen molar-refractivity contribution >= 4 is 92.7 Å². The minimum Gasteiger partial charge on any atom is -0.488 e. The van der Waals surface area contributed by atoms with Gasteiger partial charge in [0.25, 0.3) is 11.8 Å². The van der Waals surface area contributed by atoms with E-state index in [-0.39, 0.29) is 38.6 Å². The van der Waals surface area contributed by atoms with E-state index in [0.29, 0.717) is 11.3 Å². The molecule has 0 aromatic heterocycles. The van der Waals surface area contributed by atoms with Crippen LogP contribution in [-0.2, 0) is 16.2 Å². The standard InChI is InChI=1S/C25H15Cl2IN2O5S/c26-17-2-1-3-19(21(17)27)30-23(32)16(22(31)29-25(30)36)10-14-6-9-20(18(28)11-14)35-12-13-4-7-15(8-5-13)24(33)34/h1-11H,12H2,(H,33,34)(H,29,31,36)/b16-10+. The molecule has 1 heterocycles. The summed E-state index contributed by atoms with van der Waals surface area (Å²) in [6.45, 7) is 0.240. The Labute approximate surface area is 234 Å². The summed E-state index contributed by atoms with van der Waals surface area (Å²) < 4.78 is 6.60. The number of rotatable bonds is 6. The quantitative estimate of drug-likeness (QED) is 0.153. The molecule has 3 aromatic carbocycles. The molecule has 182 valence electrons. The van der Waals surface area contributed by atoms with E-state index in [0.717, 1.165) is 14.0 Å². The number of hydrogen-bond acceptors (Lipinski definition) is 5. The number of amides is 2. The molecule has 1 aliphatic heterocycles. The zero-order valence-corrected chi connectivity index (χ0v) is 22.6. The van der Waals surface area contributed by atoms with Crippen molar-refractivity contribution < 1.29 is 24.2 Å². The molecule has 3 aromatic rings. The molecule has 0 aliphatic carbocycles. The predicted molar refractivity (Wildman–Crippen MR) is 150 cm³/mol. The minimum absolute atomic E-state index is 0.0963. The average Bonchev–Trinajstić information content (AvgIpc) is 2.84. The Morgan fingerprint density at radius 2 is 1.83 bits per heavy atom. The van der Waals surface area contributed by atoms with Crippen LogP contribution in [0.2, 0.25) is 10.0 Å². The fourth-order valence-electron chi connectivity index (χ4n) is 3.34. The molecule has 0 bridgehead atoms. The molecular formula is C25H15Cl2IN2O5S. The molecular weight excluding hydrogens is 638 g/mol. The summed E-state index contributed by atoms with van der Waals surface area (Å²) in [5.41, 5.74) is 1.75. The number of thiocarbonyl (C=S) groups is 1. The highest BCUT2D eigenvalue weighted by Gasteiger charge is 2.35. The maximum absolute atomic E-state index is 13.2. The molecule has 1 aliphatic rings. The Hall–Kier alpha value is -2.99. The van der Waals surface area contributed by atoms with Gasteiger partial charge in [-0.2, -0.15) is 0 Å². The molecule has 0 unspecified atom stereocenters. The third-order valence-electron chi connectivity index (χ3n) is 5.14. The van der Waals surface area contributed by atoms with Crippen molar-refractivity contribution in [3.63, 3.8) is 0 Å². The molecule has 1 saturated heterocycles. The van der Waals surface area contributed by atoms with Gasteiger partial charge in [0, 0.05) is 0 Å². The van der Waals surface area contributed by atoms with Crippen LogP contribution < -0.4 is 15.0 Å². The van der Waals surface area contributed by atoms with Crippen LogP contribution in [0.3, 0.4) is 0 Å². The number of carboxylic acids is 1. The summed E-state index contributed by atoms with van der Waals surface area (Å²) >= 11 is 19.7. The molecule has 11 heteroatoms. The largest absolute Gasteiger partial charge is 0.488 e. The van der Waals surface area contributed by atoms with E-state index in [4.69, 9.17) is 45.3 Å². The van der Waals surface area contributed by atoms with Gasteiger partial charge in [0.1, 0.15) is 17.9 Å². The van der Waals surface area contributed by atoms with Crippen LogP contribution in [-0.4, -0.2) is 28.0 Å². The fraction of sp³-hybridized carbons (Fsp3) is 0.0400. The first-order valence-electron chi connectivity index (χ1n) is 10.3. The van der Waals surface area contributed by atoms with Gasteiger partial charge >= 0.3 is 5.97 Å². The number of aromatic carboxylic acids is 1. The summed E-state index contributed by atoms with van der Waals surface area (Å²) in [5.74, 6) is -1.66. The molecule has 2 N–H and O–H groups in total. The van der Waals surface area contributed by atoms with Crippen LogP contribution >= 0.6 is 58.0 Å². The number of carbonyl (C=O) groups is 3. The zero-order valence-electron chi connectivity index (χ0n) is 18.1. The van der Waals surface area contributed by atoms with Gasteiger partial charge in [0.05, 0.1) is 24.9 Å².